The van der Waals surface area contributed by atoms with E-state index in [1.54, 1.807) is 6.07 Å². The van der Waals surface area contributed by atoms with Crippen molar-refractivity contribution in [1.29, 1.82) is 0 Å². The highest BCUT2D eigenvalue weighted by atomic mass is 35.5. The van der Waals surface area contributed by atoms with Crippen molar-refractivity contribution in [3.05, 3.63) is 88.9 Å². The van der Waals surface area contributed by atoms with Crippen LogP contribution in [0.5, 0.6) is 0 Å². The Labute approximate surface area is 198 Å². The Bertz CT molecular complexity index is 1320. The van der Waals surface area contributed by atoms with E-state index >= 15 is 0 Å². The largest absolute Gasteiger partial charge is 0.348 e. The summed E-state index contributed by atoms with van der Waals surface area (Å²) in [6, 6.07) is 22.9. The fourth-order valence-electron chi connectivity index (χ4n) is 4.25. The summed E-state index contributed by atoms with van der Waals surface area (Å²) in [5, 5.41) is 9.34. The minimum Gasteiger partial charge on any atom is -0.348 e. The highest BCUT2D eigenvalue weighted by Gasteiger charge is 2.29. The maximum Gasteiger partial charge on any atom is 0.251 e. The number of hydrogen-bond acceptors (Lipinski definition) is 4. The number of fused-ring (bicyclic) bond motifs is 1. The highest BCUT2D eigenvalue weighted by Crippen LogP contribution is 2.45. The molecule has 1 atom stereocenters. The molecule has 8 heteroatoms. The summed E-state index contributed by atoms with van der Waals surface area (Å²) in [6.45, 7) is 0.552. The number of halogens is 1. The van der Waals surface area contributed by atoms with Gasteiger partial charge in [0.15, 0.2) is 0 Å². The van der Waals surface area contributed by atoms with Crippen molar-refractivity contribution in [3.8, 4) is 11.3 Å². The van der Waals surface area contributed by atoms with Gasteiger partial charge in [0.05, 0.1) is 22.8 Å². The van der Waals surface area contributed by atoms with Gasteiger partial charge in [-0.15, -0.1) is 0 Å². The molecule has 1 saturated heterocycles. The third-order valence-electron chi connectivity index (χ3n) is 5.91. The van der Waals surface area contributed by atoms with Crippen LogP contribution < -0.4 is 5.32 Å². The van der Waals surface area contributed by atoms with Crippen molar-refractivity contribution in [1.82, 2.24) is 15.1 Å². The lowest BCUT2D eigenvalue weighted by Crippen LogP contribution is -2.35. The maximum atomic E-state index is 12.9. The molecule has 0 spiro atoms. The molecule has 0 aliphatic carbocycles. The van der Waals surface area contributed by atoms with Gasteiger partial charge < -0.3 is 5.32 Å². The Morgan fingerprint density at radius 2 is 1.85 bits per heavy atom. The first kappa shape index (κ1) is 22.0. The summed E-state index contributed by atoms with van der Waals surface area (Å²) in [4.78, 5) is 12.9. The molecule has 33 heavy (non-hydrogen) atoms. The molecule has 6 nitrogen and oxygen atoms in total. The molecule has 1 aliphatic heterocycles. The number of amides is 1. The first-order valence-corrected chi connectivity index (χ1v) is 13.0. The average Bonchev–Trinajstić information content (AvgIpc) is 3.33. The van der Waals surface area contributed by atoms with Crippen molar-refractivity contribution in [2.75, 3.05) is 11.5 Å². The van der Waals surface area contributed by atoms with E-state index < -0.39 is 10.6 Å². The Morgan fingerprint density at radius 3 is 2.58 bits per heavy atom. The standard InChI is InChI=1S/C25H24ClN3O3S/c26-22-9-5-4-8-20(22)24-21-11-10-18(25(30)27-19-12-13-33(31,32)16-19)14-23(21)29(28-24)15-17-6-2-1-3-7-17/h1-11,14,19,31-32H,12-13,15-16H2,(H,27,30). The topological polar surface area (TPSA) is 87.4 Å². The highest BCUT2D eigenvalue weighted by molar-refractivity contribution is 8.24. The van der Waals surface area contributed by atoms with Crippen LogP contribution in [0, 0.1) is 0 Å². The summed E-state index contributed by atoms with van der Waals surface area (Å²) in [5.74, 6) is 0.316. The van der Waals surface area contributed by atoms with Crippen molar-refractivity contribution in [2.45, 2.75) is 19.0 Å². The zero-order chi connectivity index (χ0) is 23.0. The van der Waals surface area contributed by atoms with Crippen LogP contribution in [0.1, 0.15) is 22.3 Å². The van der Waals surface area contributed by atoms with E-state index in [0.717, 1.165) is 27.7 Å². The van der Waals surface area contributed by atoms with Gasteiger partial charge in [-0.3, -0.25) is 18.6 Å². The predicted octanol–water partition coefficient (Wildman–Crippen LogP) is 5.66. The molecular formula is C25H24ClN3O3S. The van der Waals surface area contributed by atoms with E-state index in [1.165, 1.54) is 0 Å². The molecule has 1 aromatic heterocycles. The quantitative estimate of drug-likeness (QED) is 0.343. The molecule has 1 aliphatic rings. The number of carbonyl (C=O) groups excluding carboxylic acids is 1. The number of hydrogen-bond donors (Lipinski definition) is 3. The van der Waals surface area contributed by atoms with Gasteiger partial charge in [0.25, 0.3) is 5.91 Å². The van der Waals surface area contributed by atoms with Gasteiger partial charge in [-0.1, -0.05) is 60.1 Å². The smallest absolute Gasteiger partial charge is 0.251 e. The van der Waals surface area contributed by atoms with Gasteiger partial charge in [0.2, 0.25) is 0 Å². The molecule has 5 rings (SSSR count). The second kappa shape index (κ2) is 8.83. The van der Waals surface area contributed by atoms with Crippen LogP contribution in [0.25, 0.3) is 22.2 Å². The van der Waals surface area contributed by atoms with Crippen LogP contribution >= 0.6 is 22.2 Å². The monoisotopic (exact) mass is 481 g/mol. The molecule has 1 amide bonds. The Hall–Kier alpha value is -2.84. The van der Waals surface area contributed by atoms with Crippen molar-refractivity contribution < 1.29 is 13.9 Å². The summed E-state index contributed by atoms with van der Waals surface area (Å²) in [6.07, 6.45) is 0.568. The van der Waals surface area contributed by atoms with Gasteiger partial charge in [-0.2, -0.15) is 15.7 Å². The fraction of sp³-hybridized carbons (Fsp3) is 0.200. The summed E-state index contributed by atoms with van der Waals surface area (Å²) in [7, 11) is -2.57. The fourth-order valence-corrected chi connectivity index (χ4v) is 6.19. The molecule has 0 radical (unpaired) electrons. The van der Waals surface area contributed by atoms with Crippen LogP contribution in [0.15, 0.2) is 72.8 Å². The number of benzene rings is 3. The minimum absolute atomic E-state index is 0.212. The van der Waals surface area contributed by atoms with Crippen LogP contribution in [-0.2, 0) is 6.54 Å². The number of carbonyl (C=O) groups is 1. The van der Waals surface area contributed by atoms with E-state index in [2.05, 4.69) is 5.32 Å². The summed E-state index contributed by atoms with van der Waals surface area (Å²) < 4.78 is 21.6. The van der Waals surface area contributed by atoms with Crippen LogP contribution in [-0.4, -0.2) is 42.3 Å². The van der Waals surface area contributed by atoms with Crippen molar-refractivity contribution >= 4 is 39.0 Å². The lowest BCUT2D eigenvalue weighted by Gasteiger charge is -2.26. The van der Waals surface area contributed by atoms with Crippen LogP contribution in [0.4, 0.5) is 0 Å². The number of aromatic nitrogens is 2. The minimum atomic E-state index is -2.57. The van der Waals surface area contributed by atoms with Crippen molar-refractivity contribution in [2.24, 2.45) is 0 Å². The van der Waals surface area contributed by atoms with Gasteiger partial charge in [-0.25, -0.2) is 0 Å². The molecule has 0 bridgehead atoms. The van der Waals surface area contributed by atoms with Gasteiger partial charge >= 0.3 is 0 Å². The Morgan fingerprint density at radius 1 is 1.09 bits per heavy atom. The zero-order valence-electron chi connectivity index (χ0n) is 17.8. The number of nitrogens with zero attached hydrogens (tertiary/aromatic N) is 2. The lowest BCUT2D eigenvalue weighted by molar-refractivity contribution is 0.0941. The van der Waals surface area contributed by atoms with E-state index in [1.807, 2.05) is 71.4 Å². The van der Waals surface area contributed by atoms with E-state index in [9.17, 15) is 13.9 Å². The molecule has 3 aromatic carbocycles. The number of nitrogens with one attached hydrogen (secondary N) is 1. The third-order valence-corrected chi connectivity index (χ3v) is 8.07. The van der Waals surface area contributed by atoms with Gasteiger partial charge in [0, 0.05) is 28.3 Å². The number of rotatable bonds is 5. The molecule has 3 N–H and O–H groups in total. The van der Waals surface area contributed by atoms with Crippen molar-refractivity contribution in [3.63, 3.8) is 0 Å². The first-order valence-electron chi connectivity index (χ1n) is 10.7. The molecule has 170 valence electrons. The lowest BCUT2D eigenvalue weighted by atomic mass is 10.1. The van der Waals surface area contributed by atoms with Gasteiger partial charge in [0.1, 0.15) is 5.69 Å². The van der Waals surface area contributed by atoms with E-state index in [-0.39, 0.29) is 17.7 Å². The third kappa shape index (κ3) is 4.63. The zero-order valence-corrected chi connectivity index (χ0v) is 19.4. The molecule has 2 heterocycles. The van der Waals surface area contributed by atoms with Crippen LogP contribution in [0.3, 0.4) is 0 Å². The first-order chi connectivity index (χ1) is 15.9. The summed E-state index contributed by atoms with van der Waals surface area (Å²) >= 11 is 6.48. The Balaban J connectivity index is 1.54. The molecule has 1 unspecified atom stereocenters. The second-order valence-corrected chi connectivity index (χ2v) is 11.1. The average molecular weight is 482 g/mol. The normalized spacial score (nSPS) is 18.3. The SMILES string of the molecule is O=C(NC1CCS(O)(O)C1)c1ccc2c(-c3ccccc3Cl)nn(Cc3ccccc3)c2c1. The second-order valence-electron chi connectivity index (χ2n) is 8.34. The molecular weight excluding hydrogens is 458 g/mol. The van der Waals surface area contributed by atoms with Gasteiger partial charge in [-0.05, 0) is 36.2 Å². The van der Waals surface area contributed by atoms with E-state index in [4.69, 9.17) is 16.7 Å². The van der Waals surface area contributed by atoms with E-state index in [0.29, 0.717) is 29.3 Å². The van der Waals surface area contributed by atoms with Crippen LogP contribution in [0.2, 0.25) is 5.02 Å². The summed E-state index contributed by atoms with van der Waals surface area (Å²) in [5.41, 5.74) is 4.04. The molecule has 0 saturated carbocycles. The predicted molar refractivity (Wildman–Crippen MR) is 134 cm³/mol. The molecule has 4 aromatic rings. The Kier molecular flexibility index (Phi) is 5.88. The molecule has 1 fully saturated rings. The maximum absolute atomic E-state index is 12.9.